The summed E-state index contributed by atoms with van der Waals surface area (Å²) in [7, 11) is 0. The highest BCUT2D eigenvalue weighted by molar-refractivity contribution is 7.99. The van der Waals surface area contributed by atoms with Gasteiger partial charge in [-0.05, 0) is 18.4 Å². The molecule has 0 bridgehead atoms. The van der Waals surface area contributed by atoms with Crippen molar-refractivity contribution in [1.29, 1.82) is 0 Å². The summed E-state index contributed by atoms with van der Waals surface area (Å²) in [5.74, 6) is 2.07. The van der Waals surface area contributed by atoms with E-state index in [4.69, 9.17) is 10.3 Å². The normalized spacial score (nSPS) is 17.8. The van der Waals surface area contributed by atoms with Gasteiger partial charge in [-0.3, -0.25) is 0 Å². The van der Waals surface area contributed by atoms with Crippen LogP contribution >= 0.6 is 11.8 Å². The van der Waals surface area contributed by atoms with Crippen molar-refractivity contribution in [3.8, 4) is 0 Å². The number of hydrogen-bond donors (Lipinski definition) is 1. The number of benzene rings is 1. The molecule has 21 heavy (non-hydrogen) atoms. The molecule has 1 saturated carbocycles. The van der Waals surface area contributed by atoms with Gasteiger partial charge in [0.1, 0.15) is 6.04 Å². The molecule has 1 aromatic carbocycles. The molecular weight excluding hydrogens is 282 g/mol. The highest BCUT2D eigenvalue weighted by Gasteiger charge is 2.18. The lowest BCUT2D eigenvalue weighted by Gasteiger charge is -2.19. The van der Waals surface area contributed by atoms with E-state index < -0.39 is 0 Å². The standard InChI is InChI=1S/C16H21N3OS/c17-15(12-7-3-1-4-8-12)16-18-14(19-20-16)11-21-13-9-5-2-6-10-13/h1,3-4,7-8,13,15H,2,5-6,9-11,17H2. The van der Waals surface area contributed by atoms with Crippen molar-refractivity contribution in [3.05, 3.63) is 47.6 Å². The molecule has 1 atom stereocenters. The number of hydrogen-bond acceptors (Lipinski definition) is 5. The molecule has 1 unspecified atom stereocenters. The number of rotatable bonds is 5. The van der Waals surface area contributed by atoms with E-state index in [0.717, 1.165) is 22.4 Å². The van der Waals surface area contributed by atoms with Crippen molar-refractivity contribution in [3.63, 3.8) is 0 Å². The largest absolute Gasteiger partial charge is 0.337 e. The lowest BCUT2D eigenvalue weighted by molar-refractivity contribution is 0.363. The monoisotopic (exact) mass is 303 g/mol. The lowest BCUT2D eigenvalue weighted by atomic mass is 10.0. The van der Waals surface area contributed by atoms with Gasteiger partial charge in [0.2, 0.25) is 5.89 Å². The Kier molecular flexibility index (Phi) is 4.93. The number of aromatic nitrogens is 2. The molecule has 0 aliphatic heterocycles. The van der Waals surface area contributed by atoms with Gasteiger partial charge in [-0.1, -0.05) is 54.8 Å². The second-order valence-corrected chi connectivity index (χ2v) is 6.80. The van der Waals surface area contributed by atoms with Crippen molar-refractivity contribution >= 4 is 11.8 Å². The van der Waals surface area contributed by atoms with Crippen LogP contribution in [-0.4, -0.2) is 15.4 Å². The molecule has 1 aliphatic rings. The van der Waals surface area contributed by atoms with Gasteiger partial charge < -0.3 is 10.3 Å². The second-order valence-electron chi connectivity index (χ2n) is 5.51. The second kappa shape index (κ2) is 7.09. The minimum Gasteiger partial charge on any atom is -0.337 e. The average molecular weight is 303 g/mol. The molecule has 3 rings (SSSR count). The van der Waals surface area contributed by atoms with Crippen molar-refractivity contribution in [2.75, 3.05) is 0 Å². The summed E-state index contributed by atoms with van der Waals surface area (Å²) in [6.45, 7) is 0. The average Bonchev–Trinajstić information content (AvgIpc) is 3.03. The maximum atomic E-state index is 6.17. The van der Waals surface area contributed by atoms with Crippen LogP contribution in [0.1, 0.15) is 55.4 Å². The van der Waals surface area contributed by atoms with E-state index in [-0.39, 0.29) is 6.04 Å². The third-order valence-corrected chi connectivity index (χ3v) is 5.28. The lowest BCUT2D eigenvalue weighted by Crippen LogP contribution is -2.12. The summed E-state index contributed by atoms with van der Waals surface area (Å²) in [6, 6.07) is 9.51. The summed E-state index contributed by atoms with van der Waals surface area (Å²) in [4.78, 5) is 4.45. The summed E-state index contributed by atoms with van der Waals surface area (Å²) < 4.78 is 5.32. The fourth-order valence-corrected chi connectivity index (χ4v) is 3.85. The first-order valence-electron chi connectivity index (χ1n) is 7.57. The fraction of sp³-hybridized carbons (Fsp3) is 0.500. The van der Waals surface area contributed by atoms with Crippen LogP contribution in [0.5, 0.6) is 0 Å². The Hall–Kier alpha value is -1.33. The van der Waals surface area contributed by atoms with Crippen molar-refractivity contribution in [2.24, 2.45) is 5.73 Å². The predicted octanol–water partition coefficient (Wildman–Crippen LogP) is 3.68. The maximum absolute atomic E-state index is 6.17. The van der Waals surface area contributed by atoms with Crippen LogP contribution in [0, 0.1) is 0 Å². The third-order valence-electron chi connectivity index (χ3n) is 3.91. The van der Waals surface area contributed by atoms with Gasteiger partial charge >= 0.3 is 0 Å². The maximum Gasteiger partial charge on any atom is 0.248 e. The molecule has 5 heteroatoms. The van der Waals surface area contributed by atoms with Gasteiger partial charge in [0.05, 0.1) is 5.75 Å². The van der Waals surface area contributed by atoms with E-state index in [9.17, 15) is 0 Å². The van der Waals surface area contributed by atoms with Crippen LogP contribution in [0.25, 0.3) is 0 Å². The van der Waals surface area contributed by atoms with E-state index in [1.807, 2.05) is 42.1 Å². The van der Waals surface area contributed by atoms with E-state index in [0.29, 0.717) is 5.89 Å². The zero-order valence-corrected chi connectivity index (χ0v) is 12.9. The molecule has 2 N–H and O–H groups in total. The highest BCUT2D eigenvalue weighted by Crippen LogP contribution is 2.30. The molecule has 1 heterocycles. The predicted molar refractivity (Wildman–Crippen MR) is 84.9 cm³/mol. The molecule has 2 aromatic rings. The number of nitrogens with two attached hydrogens (primary N) is 1. The van der Waals surface area contributed by atoms with Crippen LogP contribution < -0.4 is 5.73 Å². The molecule has 0 amide bonds. The summed E-state index contributed by atoms with van der Waals surface area (Å²) in [5, 5.41) is 4.81. The number of thioether (sulfide) groups is 1. The van der Waals surface area contributed by atoms with E-state index in [2.05, 4.69) is 10.1 Å². The minimum absolute atomic E-state index is 0.341. The Morgan fingerprint density at radius 1 is 1.19 bits per heavy atom. The Bertz CT molecular complexity index is 552. The Morgan fingerprint density at radius 3 is 2.71 bits per heavy atom. The highest BCUT2D eigenvalue weighted by atomic mass is 32.2. The SMILES string of the molecule is NC(c1ccccc1)c1nc(CSC2CCCCC2)no1. The zero-order valence-electron chi connectivity index (χ0n) is 12.1. The van der Waals surface area contributed by atoms with Crippen LogP contribution in [-0.2, 0) is 5.75 Å². The molecule has 112 valence electrons. The Labute approximate surface area is 129 Å². The first-order chi connectivity index (χ1) is 10.3. The van der Waals surface area contributed by atoms with Crippen LogP contribution in [0.4, 0.5) is 0 Å². The molecule has 1 aliphatic carbocycles. The topological polar surface area (TPSA) is 64.9 Å². The Balaban J connectivity index is 1.58. The first-order valence-corrected chi connectivity index (χ1v) is 8.62. The van der Waals surface area contributed by atoms with E-state index in [1.165, 1.54) is 32.1 Å². The third kappa shape index (κ3) is 3.86. The van der Waals surface area contributed by atoms with E-state index >= 15 is 0 Å². The minimum atomic E-state index is -0.341. The molecule has 0 radical (unpaired) electrons. The molecule has 1 aromatic heterocycles. The first kappa shape index (κ1) is 14.6. The molecule has 1 fully saturated rings. The quantitative estimate of drug-likeness (QED) is 0.912. The molecule has 4 nitrogen and oxygen atoms in total. The van der Waals surface area contributed by atoms with Crippen molar-refractivity contribution in [1.82, 2.24) is 10.1 Å². The fourth-order valence-electron chi connectivity index (χ4n) is 2.68. The van der Waals surface area contributed by atoms with E-state index in [1.54, 1.807) is 0 Å². The van der Waals surface area contributed by atoms with Crippen molar-refractivity contribution in [2.45, 2.75) is 49.1 Å². The summed E-state index contributed by atoms with van der Waals surface area (Å²) >= 11 is 1.95. The molecule has 0 spiro atoms. The zero-order chi connectivity index (χ0) is 14.5. The van der Waals surface area contributed by atoms with Gasteiger partial charge in [0, 0.05) is 5.25 Å². The Morgan fingerprint density at radius 2 is 1.95 bits per heavy atom. The van der Waals surface area contributed by atoms with Gasteiger partial charge in [-0.2, -0.15) is 16.7 Å². The van der Waals surface area contributed by atoms with Crippen LogP contribution in [0.15, 0.2) is 34.9 Å². The van der Waals surface area contributed by atoms with Crippen molar-refractivity contribution < 1.29 is 4.52 Å². The molecule has 0 saturated heterocycles. The number of nitrogens with zero attached hydrogens (tertiary/aromatic N) is 2. The van der Waals surface area contributed by atoms with Gasteiger partial charge in [-0.15, -0.1) is 0 Å². The van der Waals surface area contributed by atoms with Gasteiger partial charge in [0.25, 0.3) is 0 Å². The smallest absolute Gasteiger partial charge is 0.248 e. The van der Waals surface area contributed by atoms with Gasteiger partial charge in [-0.25, -0.2) is 0 Å². The molecular formula is C16H21N3OS. The summed E-state index contributed by atoms with van der Waals surface area (Å²) in [6.07, 6.45) is 6.73. The summed E-state index contributed by atoms with van der Waals surface area (Å²) in [5.41, 5.74) is 7.16. The van der Waals surface area contributed by atoms with Crippen LogP contribution in [0.3, 0.4) is 0 Å². The van der Waals surface area contributed by atoms with Gasteiger partial charge in [0.15, 0.2) is 5.82 Å². The van der Waals surface area contributed by atoms with Crippen LogP contribution in [0.2, 0.25) is 0 Å².